The number of anilines is 1. The number of para-hydroxylation sites is 1. The van der Waals surface area contributed by atoms with Crippen LogP contribution in [0.5, 0.6) is 5.75 Å². The van der Waals surface area contributed by atoms with Crippen LogP contribution in [0.3, 0.4) is 0 Å². The first kappa shape index (κ1) is 22.9. The van der Waals surface area contributed by atoms with Gasteiger partial charge in [-0.3, -0.25) is 4.79 Å². The van der Waals surface area contributed by atoms with Crippen molar-refractivity contribution in [2.45, 2.75) is 12.8 Å². The zero-order valence-corrected chi connectivity index (χ0v) is 18.3. The zero-order chi connectivity index (χ0) is 23.6. The number of alkyl halides is 3. The minimum Gasteiger partial charge on any atom is -0.489 e. The van der Waals surface area contributed by atoms with Gasteiger partial charge in [-0.2, -0.15) is 23.3 Å². The summed E-state index contributed by atoms with van der Waals surface area (Å²) in [6, 6.07) is 19.4. The van der Waals surface area contributed by atoms with Crippen molar-refractivity contribution in [2.75, 3.05) is 5.01 Å². The van der Waals surface area contributed by atoms with Crippen molar-refractivity contribution in [3.05, 3.63) is 99.5 Å². The van der Waals surface area contributed by atoms with Crippen molar-refractivity contribution < 1.29 is 22.7 Å². The van der Waals surface area contributed by atoms with Crippen LogP contribution < -0.4 is 9.75 Å². The first-order valence-corrected chi connectivity index (χ1v) is 10.4. The van der Waals surface area contributed by atoms with Crippen molar-refractivity contribution in [3.63, 3.8) is 0 Å². The van der Waals surface area contributed by atoms with E-state index >= 15 is 0 Å². The van der Waals surface area contributed by atoms with Crippen LogP contribution in [0, 0.1) is 0 Å². The van der Waals surface area contributed by atoms with Crippen molar-refractivity contribution in [3.8, 4) is 5.75 Å². The highest BCUT2D eigenvalue weighted by Crippen LogP contribution is 2.33. The standard InChI is InChI=1S/C24H15Cl2F3N2O2/c25-20-10-9-16(13-21(20)26)14-33-18-8-4-5-15(11-18)12-19-22(24(27,28)29)30-31(23(19)32)17-6-2-1-3-7-17/h1-13H,14H2/b19-12-. The maximum atomic E-state index is 13.6. The summed E-state index contributed by atoms with van der Waals surface area (Å²) in [7, 11) is 0. The molecule has 0 saturated carbocycles. The molecule has 0 spiro atoms. The minimum absolute atomic E-state index is 0.174. The number of benzene rings is 3. The third kappa shape index (κ3) is 5.21. The molecule has 0 atom stereocenters. The maximum absolute atomic E-state index is 13.6. The maximum Gasteiger partial charge on any atom is 0.435 e. The Balaban J connectivity index is 1.60. The van der Waals surface area contributed by atoms with E-state index in [-0.39, 0.29) is 12.3 Å². The normalized spacial score (nSPS) is 15.2. The van der Waals surface area contributed by atoms with Crippen LogP contribution in [0.25, 0.3) is 6.08 Å². The second-order valence-electron chi connectivity index (χ2n) is 7.07. The molecule has 0 saturated heterocycles. The van der Waals surface area contributed by atoms with Crippen molar-refractivity contribution >= 4 is 46.6 Å². The molecule has 4 rings (SSSR count). The van der Waals surface area contributed by atoms with Crippen LogP contribution in [-0.4, -0.2) is 17.8 Å². The number of hydrogen-bond donors (Lipinski definition) is 0. The van der Waals surface area contributed by atoms with Gasteiger partial charge >= 0.3 is 6.18 Å². The van der Waals surface area contributed by atoms with Gasteiger partial charge in [0.2, 0.25) is 0 Å². The summed E-state index contributed by atoms with van der Waals surface area (Å²) >= 11 is 11.9. The summed E-state index contributed by atoms with van der Waals surface area (Å²) in [5.74, 6) is -0.457. The predicted octanol–water partition coefficient (Wildman–Crippen LogP) is 6.92. The molecule has 0 aromatic heterocycles. The van der Waals surface area contributed by atoms with E-state index in [9.17, 15) is 18.0 Å². The topological polar surface area (TPSA) is 41.9 Å². The van der Waals surface area contributed by atoms with Gasteiger partial charge in [-0.25, -0.2) is 0 Å². The van der Waals surface area contributed by atoms with E-state index in [1.807, 2.05) is 0 Å². The Bertz CT molecular complexity index is 1260. The van der Waals surface area contributed by atoms with Gasteiger partial charge in [0, 0.05) is 0 Å². The largest absolute Gasteiger partial charge is 0.489 e. The molecule has 1 amide bonds. The number of hydrazone groups is 1. The molecule has 1 heterocycles. The van der Waals surface area contributed by atoms with Crippen molar-refractivity contribution in [2.24, 2.45) is 5.10 Å². The summed E-state index contributed by atoms with van der Waals surface area (Å²) in [5.41, 5.74) is -0.432. The molecule has 0 aliphatic carbocycles. The first-order chi connectivity index (χ1) is 15.7. The summed E-state index contributed by atoms with van der Waals surface area (Å²) in [5, 5.41) is 5.11. The number of hydrogen-bond acceptors (Lipinski definition) is 3. The van der Waals surface area contributed by atoms with Gasteiger partial charge in [0.05, 0.1) is 21.3 Å². The molecular formula is C24H15Cl2F3N2O2. The Labute approximate surface area is 197 Å². The minimum atomic E-state index is -4.80. The number of carbonyl (C=O) groups excluding carboxylic acids is 1. The average molecular weight is 491 g/mol. The Kier molecular flexibility index (Phi) is 6.44. The molecular weight excluding hydrogens is 476 g/mol. The van der Waals surface area contributed by atoms with Crippen LogP contribution in [-0.2, 0) is 11.4 Å². The summed E-state index contributed by atoms with van der Waals surface area (Å²) < 4.78 is 46.6. The third-order valence-electron chi connectivity index (χ3n) is 4.71. The Hall–Kier alpha value is -3.29. The monoisotopic (exact) mass is 490 g/mol. The van der Waals surface area contributed by atoms with Gasteiger partial charge in [-0.05, 0) is 53.6 Å². The summed E-state index contributed by atoms with van der Waals surface area (Å²) in [4.78, 5) is 12.8. The molecule has 0 fully saturated rings. The average Bonchev–Trinajstić information content (AvgIpc) is 3.12. The van der Waals surface area contributed by atoms with Gasteiger partial charge in [-0.1, -0.05) is 59.6 Å². The molecule has 0 bridgehead atoms. The number of amides is 1. The van der Waals surface area contributed by atoms with Crippen molar-refractivity contribution in [1.82, 2.24) is 0 Å². The molecule has 3 aromatic rings. The van der Waals surface area contributed by atoms with Gasteiger partial charge in [0.15, 0.2) is 5.71 Å². The van der Waals surface area contributed by atoms with Gasteiger partial charge in [-0.15, -0.1) is 0 Å². The first-order valence-electron chi connectivity index (χ1n) is 9.66. The van der Waals surface area contributed by atoms with Gasteiger partial charge in [0.1, 0.15) is 12.4 Å². The lowest BCUT2D eigenvalue weighted by molar-refractivity contribution is -0.114. The molecule has 9 heteroatoms. The highest BCUT2D eigenvalue weighted by molar-refractivity contribution is 6.42. The van der Waals surface area contributed by atoms with E-state index < -0.39 is 23.4 Å². The van der Waals surface area contributed by atoms with Crippen molar-refractivity contribution in [1.29, 1.82) is 0 Å². The number of halogens is 5. The Morgan fingerprint density at radius 3 is 2.39 bits per heavy atom. The van der Waals surface area contributed by atoms with E-state index in [0.29, 0.717) is 21.4 Å². The van der Waals surface area contributed by atoms with Crippen LogP contribution in [0.15, 0.2) is 83.5 Å². The molecule has 0 unspecified atom stereocenters. The molecule has 3 aromatic carbocycles. The summed E-state index contributed by atoms with van der Waals surface area (Å²) in [6.07, 6.45) is -3.64. The zero-order valence-electron chi connectivity index (χ0n) is 16.8. The second-order valence-corrected chi connectivity index (χ2v) is 7.88. The van der Waals surface area contributed by atoms with E-state index in [1.54, 1.807) is 54.6 Å². The smallest absolute Gasteiger partial charge is 0.435 e. The molecule has 1 aliphatic rings. The lowest BCUT2D eigenvalue weighted by Crippen LogP contribution is -2.25. The molecule has 33 heavy (non-hydrogen) atoms. The highest BCUT2D eigenvalue weighted by Gasteiger charge is 2.46. The van der Waals surface area contributed by atoms with E-state index in [1.165, 1.54) is 18.2 Å². The highest BCUT2D eigenvalue weighted by atomic mass is 35.5. The molecule has 4 nitrogen and oxygen atoms in total. The Morgan fingerprint density at radius 2 is 1.70 bits per heavy atom. The number of carbonyl (C=O) groups is 1. The van der Waals surface area contributed by atoms with Crippen LogP contribution in [0.2, 0.25) is 10.0 Å². The fourth-order valence-corrected chi connectivity index (χ4v) is 3.48. The third-order valence-corrected chi connectivity index (χ3v) is 5.44. The quantitative estimate of drug-likeness (QED) is 0.364. The van der Waals surface area contributed by atoms with Crippen LogP contribution >= 0.6 is 23.2 Å². The number of rotatable bonds is 5. The summed E-state index contributed by atoms with van der Waals surface area (Å²) in [6.45, 7) is 0.174. The lowest BCUT2D eigenvalue weighted by Gasteiger charge is -2.11. The number of ether oxygens (including phenoxy) is 1. The van der Waals surface area contributed by atoms with E-state index in [0.717, 1.165) is 16.6 Å². The van der Waals surface area contributed by atoms with Crippen LogP contribution in [0.1, 0.15) is 11.1 Å². The molecule has 1 aliphatic heterocycles. The fourth-order valence-electron chi connectivity index (χ4n) is 3.16. The van der Waals surface area contributed by atoms with Gasteiger partial charge < -0.3 is 4.74 Å². The number of nitrogens with zero attached hydrogens (tertiary/aromatic N) is 2. The second kappa shape index (κ2) is 9.29. The van der Waals surface area contributed by atoms with E-state index in [2.05, 4.69) is 5.10 Å². The molecule has 0 N–H and O–H groups in total. The molecule has 168 valence electrons. The van der Waals surface area contributed by atoms with E-state index in [4.69, 9.17) is 27.9 Å². The predicted molar refractivity (Wildman–Crippen MR) is 123 cm³/mol. The SMILES string of the molecule is O=C1/C(=C\c2cccc(OCc3ccc(Cl)c(Cl)c3)c2)C(C(F)(F)F)=NN1c1ccccc1. The van der Waals surface area contributed by atoms with Gasteiger partial charge in [0.25, 0.3) is 5.91 Å². The van der Waals surface area contributed by atoms with Crippen LogP contribution in [0.4, 0.5) is 18.9 Å². The Morgan fingerprint density at radius 1 is 0.939 bits per heavy atom. The lowest BCUT2D eigenvalue weighted by atomic mass is 10.1. The fraction of sp³-hybridized carbons (Fsp3) is 0.0833. The molecule has 0 radical (unpaired) electrons.